The van der Waals surface area contributed by atoms with Gasteiger partial charge in [-0.25, -0.2) is 0 Å². The fraction of sp³-hybridized carbons (Fsp3) is 0.250. The predicted octanol–water partition coefficient (Wildman–Crippen LogP) is -0.398. The molecule has 0 saturated heterocycles. The average Bonchev–Trinajstić information content (AvgIpc) is 1.85. The first-order valence-electron chi connectivity index (χ1n) is 3.54. The summed E-state index contributed by atoms with van der Waals surface area (Å²) in [5.41, 5.74) is 2.66. The molecule has 1 aromatic rings. The molecule has 0 heterocycles. The second-order valence-electron chi connectivity index (χ2n) is 2.79. The van der Waals surface area contributed by atoms with Gasteiger partial charge in [0.25, 0.3) is 0 Å². The Morgan fingerprint density at radius 3 is 1.75 bits per heavy atom. The molecule has 2 N–H and O–H groups in total. The average molecular weight is 174 g/mol. The van der Waals surface area contributed by atoms with Crippen molar-refractivity contribution in [2.45, 2.75) is 13.8 Å². The quantitative estimate of drug-likeness (QED) is 0.569. The molecule has 1 rings (SSSR count). The maximum atomic E-state index is 8.83. The van der Waals surface area contributed by atoms with E-state index in [1.807, 2.05) is 19.9 Å². The van der Waals surface area contributed by atoms with Crippen LogP contribution in [0, 0.1) is 13.8 Å². The maximum absolute atomic E-state index is 8.83. The Balaban J connectivity index is 0.00000121. The minimum Gasteiger partial charge on any atom is -0.423 e. The summed E-state index contributed by atoms with van der Waals surface area (Å²) in [4.78, 5) is 0. The van der Waals surface area contributed by atoms with Crippen LogP contribution >= 0.6 is 0 Å². The van der Waals surface area contributed by atoms with Crippen LogP contribution in [-0.4, -0.2) is 40.2 Å². The largest absolute Gasteiger partial charge is 0.488 e. The first-order valence-corrected chi connectivity index (χ1v) is 3.54. The molecule has 1 aromatic carbocycles. The molecule has 0 aliphatic rings. The zero-order valence-electron chi connectivity index (χ0n) is 7.41. The minimum atomic E-state index is -1.35. The molecule has 0 fully saturated rings. The summed E-state index contributed by atoms with van der Waals surface area (Å²) in [5, 5.41) is 17.7. The van der Waals surface area contributed by atoms with E-state index in [1.54, 1.807) is 12.1 Å². The van der Waals surface area contributed by atoms with E-state index >= 15 is 0 Å². The van der Waals surface area contributed by atoms with E-state index in [-0.39, 0.29) is 23.1 Å². The summed E-state index contributed by atoms with van der Waals surface area (Å²) in [6.07, 6.45) is 0. The lowest BCUT2D eigenvalue weighted by atomic mass is 9.79. The molecule has 0 atom stereocenters. The van der Waals surface area contributed by atoms with Gasteiger partial charge in [0.05, 0.1) is 0 Å². The van der Waals surface area contributed by atoms with Crippen molar-refractivity contribution in [1.82, 2.24) is 0 Å². The van der Waals surface area contributed by atoms with Crippen molar-refractivity contribution in [2.75, 3.05) is 0 Å². The summed E-state index contributed by atoms with van der Waals surface area (Å²) in [5.74, 6) is 0. The van der Waals surface area contributed by atoms with Crippen molar-refractivity contribution in [3.63, 3.8) is 0 Å². The lowest BCUT2D eigenvalue weighted by Gasteiger charge is -2.02. The molecule has 2 radical (unpaired) electrons. The molecule has 0 saturated carbocycles. The molecular weight excluding hydrogens is 163 g/mol. The summed E-state index contributed by atoms with van der Waals surface area (Å²) < 4.78 is 0. The van der Waals surface area contributed by atoms with Gasteiger partial charge in [-0.3, -0.25) is 0 Å². The van der Waals surface area contributed by atoms with Crippen molar-refractivity contribution < 1.29 is 10.0 Å². The summed E-state index contributed by atoms with van der Waals surface area (Å²) in [7, 11) is -1.35. The van der Waals surface area contributed by atoms with Crippen LogP contribution < -0.4 is 5.46 Å². The van der Waals surface area contributed by atoms with Crippen LogP contribution in [0.3, 0.4) is 0 Å². The lowest BCUT2D eigenvalue weighted by Crippen LogP contribution is -2.30. The highest BCUT2D eigenvalue weighted by atomic mass is 24.3. The molecule has 0 spiro atoms. The van der Waals surface area contributed by atoms with Crippen LogP contribution in [0.15, 0.2) is 18.2 Å². The highest BCUT2D eigenvalue weighted by Crippen LogP contribution is 1.99. The van der Waals surface area contributed by atoms with Crippen molar-refractivity contribution in [2.24, 2.45) is 0 Å². The number of hydrogen-bond donors (Lipinski definition) is 2. The van der Waals surface area contributed by atoms with E-state index in [9.17, 15) is 0 Å². The third-order valence-electron chi connectivity index (χ3n) is 1.54. The Labute approximate surface area is 88.9 Å². The van der Waals surface area contributed by atoms with Gasteiger partial charge in [0.2, 0.25) is 0 Å². The molecule has 12 heavy (non-hydrogen) atoms. The van der Waals surface area contributed by atoms with Gasteiger partial charge in [0.1, 0.15) is 0 Å². The number of aryl methyl sites for hydroxylation is 2. The standard InChI is InChI=1S/C8H11BO2.Mg/c1-6-3-7(2)5-8(4-6)9(10)11;/h3-5,10-11H,1-2H3;. The van der Waals surface area contributed by atoms with Crippen LogP contribution in [-0.2, 0) is 0 Å². The first kappa shape index (κ1) is 12.0. The van der Waals surface area contributed by atoms with Gasteiger partial charge in [-0.2, -0.15) is 0 Å². The molecule has 0 aliphatic carbocycles. The SMILES string of the molecule is Cc1cc(C)cc(B(O)O)c1.[Mg]. The fourth-order valence-corrected chi connectivity index (χ4v) is 1.16. The molecule has 0 amide bonds. The number of benzene rings is 1. The monoisotopic (exact) mass is 174 g/mol. The second kappa shape index (κ2) is 4.87. The highest BCUT2D eigenvalue weighted by molar-refractivity contribution is 6.58. The lowest BCUT2D eigenvalue weighted by molar-refractivity contribution is 0.425. The van der Waals surface area contributed by atoms with Gasteiger partial charge >= 0.3 is 7.12 Å². The van der Waals surface area contributed by atoms with Crippen LogP contribution in [0.4, 0.5) is 0 Å². The first-order chi connectivity index (χ1) is 5.09. The maximum Gasteiger partial charge on any atom is 0.488 e. The smallest absolute Gasteiger partial charge is 0.423 e. The zero-order valence-corrected chi connectivity index (χ0v) is 8.83. The zero-order chi connectivity index (χ0) is 8.43. The van der Waals surface area contributed by atoms with Crippen molar-refractivity contribution >= 4 is 35.6 Å². The van der Waals surface area contributed by atoms with E-state index in [0.717, 1.165) is 11.1 Å². The van der Waals surface area contributed by atoms with E-state index < -0.39 is 7.12 Å². The van der Waals surface area contributed by atoms with Gasteiger partial charge in [0.15, 0.2) is 0 Å². The molecule has 4 heteroatoms. The van der Waals surface area contributed by atoms with Crippen LogP contribution in [0.25, 0.3) is 0 Å². The Hall–Kier alpha value is -0.0288. The van der Waals surface area contributed by atoms with E-state index in [0.29, 0.717) is 5.46 Å². The Bertz CT molecular complexity index is 243. The second-order valence-corrected chi connectivity index (χ2v) is 2.79. The Morgan fingerprint density at radius 1 is 1.00 bits per heavy atom. The highest BCUT2D eigenvalue weighted by Gasteiger charge is 2.10. The molecule has 60 valence electrons. The van der Waals surface area contributed by atoms with Crippen LogP contribution in [0.1, 0.15) is 11.1 Å². The van der Waals surface area contributed by atoms with E-state index in [2.05, 4.69) is 0 Å². The van der Waals surface area contributed by atoms with Gasteiger partial charge in [-0.1, -0.05) is 29.3 Å². The van der Waals surface area contributed by atoms with E-state index in [4.69, 9.17) is 10.0 Å². The van der Waals surface area contributed by atoms with E-state index in [1.165, 1.54) is 0 Å². The minimum absolute atomic E-state index is 0. The van der Waals surface area contributed by atoms with Gasteiger partial charge in [-0.15, -0.1) is 0 Å². The van der Waals surface area contributed by atoms with Gasteiger partial charge in [0, 0.05) is 23.1 Å². The Morgan fingerprint density at radius 2 is 1.42 bits per heavy atom. The van der Waals surface area contributed by atoms with Crippen molar-refractivity contribution in [3.05, 3.63) is 29.3 Å². The predicted molar refractivity (Wildman–Crippen MR) is 51.5 cm³/mol. The summed E-state index contributed by atoms with van der Waals surface area (Å²) >= 11 is 0. The van der Waals surface area contributed by atoms with Gasteiger partial charge < -0.3 is 10.0 Å². The molecule has 2 nitrogen and oxygen atoms in total. The Kier molecular flexibility index (Phi) is 4.85. The normalized spacial score (nSPS) is 9.00. The molecule has 0 bridgehead atoms. The molecule has 0 aliphatic heterocycles. The topological polar surface area (TPSA) is 40.5 Å². The number of rotatable bonds is 1. The third kappa shape index (κ3) is 3.15. The summed E-state index contributed by atoms with van der Waals surface area (Å²) in [6, 6.07) is 5.52. The van der Waals surface area contributed by atoms with Gasteiger partial charge in [-0.05, 0) is 19.3 Å². The third-order valence-corrected chi connectivity index (χ3v) is 1.54. The van der Waals surface area contributed by atoms with Crippen molar-refractivity contribution in [3.8, 4) is 0 Å². The van der Waals surface area contributed by atoms with Crippen molar-refractivity contribution in [1.29, 1.82) is 0 Å². The molecule has 0 unspecified atom stereocenters. The van der Waals surface area contributed by atoms with Crippen LogP contribution in [0.5, 0.6) is 0 Å². The molecule has 0 aromatic heterocycles. The molecular formula is C8H11BMgO2. The fourth-order valence-electron chi connectivity index (χ4n) is 1.16. The summed E-state index contributed by atoms with van der Waals surface area (Å²) in [6.45, 7) is 3.86. The van der Waals surface area contributed by atoms with Crippen LogP contribution in [0.2, 0.25) is 0 Å². The number of hydrogen-bond acceptors (Lipinski definition) is 2.